The molecule has 0 aromatic heterocycles. The third kappa shape index (κ3) is 1.94. The van der Waals surface area contributed by atoms with Crippen molar-refractivity contribution >= 4 is 0 Å². The first-order chi connectivity index (χ1) is 7.72. The fourth-order valence-electron chi connectivity index (χ4n) is 2.45. The van der Waals surface area contributed by atoms with Crippen molar-refractivity contribution in [2.24, 2.45) is 5.92 Å². The highest BCUT2D eigenvalue weighted by atomic mass is 16.5. The van der Waals surface area contributed by atoms with Gasteiger partial charge in [-0.1, -0.05) is 24.6 Å². The minimum Gasteiger partial charge on any atom is -0.488 e. The summed E-state index contributed by atoms with van der Waals surface area (Å²) >= 11 is 0. The molecule has 3 unspecified atom stereocenters. The van der Waals surface area contributed by atoms with Gasteiger partial charge in [0.15, 0.2) is 0 Å². The Morgan fingerprint density at radius 3 is 3.00 bits per heavy atom. The maximum absolute atomic E-state index is 5.91. The highest BCUT2D eigenvalue weighted by molar-refractivity contribution is 5.40. The lowest BCUT2D eigenvalue weighted by Crippen LogP contribution is -2.32. The van der Waals surface area contributed by atoms with Crippen LogP contribution in [0.3, 0.4) is 0 Å². The van der Waals surface area contributed by atoms with E-state index in [1.165, 1.54) is 17.5 Å². The summed E-state index contributed by atoms with van der Waals surface area (Å²) in [7, 11) is 0. The van der Waals surface area contributed by atoms with E-state index < -0.39 is 0 Å². The second kappa shape index (κ2) is 3.77. The molecular formula is C14H19NO. The molecule has 3 atom stereocenters. The van der Waals surface area contributed by atoms with Crippen LogP contribution >= 0.6 is 0 Å². The second-order valence-corrected chi connectivity index (χ2v) is 5.28. The normalized spacial score (nSPS) is 31.0. The van der Waals surface area contributed by atoms with Crippen molar-refractivity contribution in [3.63, 3.8) is 0 Å². The van der Waals surface area contributed by atoms with Crippen LogP contribution in [0.1, 0.15) is 24.5 Å². The van der Waals surface area contributed by atoms with Crippen LogP contribution in [-0.4, -0.2) is 18.7 Å². The molecule has 0 amide bonds. The highest BCUT2D eigenvalue weighted by Gasteiger charge is 2.33. The van der Waals surface area contributed by atoms with Crippen LogP contribution in [-0.2, 0) is 6.42 Å². The molecule has 1 aliphatic heterocycles. The van der Waals surface area contributed by atoms with Crippen LogP contribution in [0.2, 0.25) is 0 Å². The van der Waals surface area contributed by atoms with Gasteiger partial charge in [-0.15, -0.1) is 0 Å². The van der Waals surface area contributed by atoms with Crippen molar-refractivity contribution in [2.45, 2.75) is 38.8 Å². The lowest BCUT2D eigenvalue weighted by Gasteiger charge is -2.11. The average Bonchev–Trinajstić information content (AvgIpc) is 2.81. The first kappa shape index (κ1) is 10.2. The third-order valence-corrected chi connectivity index (χ3v) is 3.67. The number of hydrogen-bond donors (Lipinski definition) is 1. The largest absolute Gasteiger partial charge is 0.488 e. The monoisotopic (exact) mass is 217 g/mol. The molecule has 0 spiro atoms. The molecule has 16 heavy (non-hydrogen) atoms. The van der Waals surface area contributed by atoms with E-state index in [1.807, 2.05) is 0 Å². The van der Waals surface area contributed by atoms with Gasteiger partial charge in [0.2, 0.25) is 0 Å². The standard InChI is InChI=1S/C14H19NO/c1-9-3-4-14-11(5-9)7-12(16-14)8-15-13-6-10(13)2/h3-5,10,12-13,15H,6-8H2,1-2H3. The Hall–Kier alpha value is -1.02. The van der Waals surface area contributed by atoms with Crippen LogP contribution in [0.25, 0.3) is 0 Å². The molecule has 0 bridgehead atoms. The van der Waals surface area contributed by atoms with Gasteiger partial charge in [-0.3, -0.25) is 0 Å². The van der Waals surface area contributed by atoms with Gasteiger partial charge < -0.3 is 10.1 Å². The molecule has 2 heteroatoms. The molecule has 1 aliphatic carbocycles. The molecule has 1 aromatic rings. The molecule has 1 saturated carbocycles. The first-order valence-corrected chi connectivity index (χ1v) is 6.22. The number of rotatable bonds is 3. The topological polar surface area (TPSA) is 21.3 Å². The molecule has 1 aromatic carbocycles. The average molecular weight is 217 g/mol. The minimum atomic E-state index is 0.338. The van der Waals surface area contributed by atoms with E-state index >= 15 is 0 Å². The summed E-state index contributed by atoms with van der Waals surface area (Å²) in [6.07, 6.45) is 2.73. The van der Waals surface area contributed by atoms with Crippen molar-refractivity contribution in [3.8, 4) is 5.75 Å². The van der Waals surface area contributed by atoms with Crippen molar-refractivity contribution < 1.29 is 4.74 Å². The van der Waals surface area contributed by atoms with Gasteiger partial charge in [0.1, 0.15) is 11.9 Å². The fraction of sp³-hybridized carbons (Fsp3) is 0.571. The molecule has 2 aliphatic rings. The summed E-state index contributed by atoms with van der Waals surface area (Å²) in [6.45, 7) is 5.42. The molecule has 2 nitrogen and oxygen atoms in total. The molecule has 1 fully saturated rings. The van der Waals surface area contributed by atoms with Crippen molar-refractivity contribution in [1.82, 2.24) is 5.32 Å². The van der Waals surface area contributed by atoms with Crippen molar-refractivity contribution in [1.29, 1.82) is 0 Å². The Morgan fingerprint density at radius 1 is 1.44 bits per heavy atom. The summed E-state index contributed by atoms with van der Waals surface area (Å²) in [6, 6.07) is 7.21. The Kier molecular flexibility index (Phi) is 2.40. The zero-order valence-electron chi connectivity index (χ0n) is 9.99. The number of nitrogens with one attached hydrogen (secondary N) is 1. The lowest BCUT2D eigenvalue weighted by atomic mass is 10.1. The fourth-order valence-corrected chi connectivity index (χ4v) is 2.45. The Balaban J connectivity index is 1.58. The molecular weight excluding hydrogens is 198 g/mol. The molecule has 3 rings (SSSR count). The first-order valence-electron chi connectivity index (χ1n) is 6.22. The van der Waals surface area contributed by atoms with E-state index in [-0.39, 0.29) is 0 Å². The number of fused-ring (bicyclic) bond motifs is 1. The van der Waals surface area contributed by atoms with Gasteiger partial charge in [-0.05, 0) is 30.9 Å². The van der Waals surface area contributed by atoms with Crippen molar-refractivity contribution in [2.75, 3.05) is 6.54 Å². The van der Waals surface area contributed by atoms with Gasteiger partial charge in [0.25, 0.3) is 0 Å². The van der Waals surface area contributed by atoms with Crippen LogP contribution in [0.15, 0.2) is 18.2 Å². The predicted molar refractivity (Wildman–Crippen MR) is 64.9 cm³/mol. The van der Waals surface area contributed by atoms with E-state index in [4.69, 9.17) is 4.74 Å². The van der Waals surface area contributed by atoms with Gasteiger partial charge in [0, 0.05) is 19.0 Å². The number of hydrogen-bond acceptors (Lipinski definition) is 2. The van der Waals surface area contributed by atoms with Crippen LogP contribution in [0, 0.1) is 12.8 Å². The van der Waals surface area contributed by atoms with Crippen LogP contribution in [0.4, 0.5) is 0 Å². The van der Waals surface area contributed by atoms with Gasteiger partial charge in [-0.25, -0.2) is 0 Å². The number of aryl methyl sites for hydroxylation is 1. The zero-order valence-corrected chi connectivity index (χ0v) is 9.99. The molecule has 1 heterocycles. The summed E-state index contributed by atoms with van der Waals surface area (Å²) in [5, 5.41) is 3.57. The van der Waals surface area contributed by atoms with E-state index in [0.29, 0.717) is 6.10 Å². The smallest absolute Gasteiger partial charge is 0.123 e. The summed E-state index contributed by atoms with van der Waals surface area (Å²) in [5.74, 6) is 1.95. The van der Waals surface area contributed by atoms with Crippen LogP contribution in [0.5, 0.6) is 5.75 Å². The highest BCUT2D eigenvalue weighted by Crippen LogP contribution is 2.31. The summed E-state index contributed by atoms with van der Waals surface area (Å²) in [4.78, 5) is 0. The third-order valence-electron chi connectivity index (χ3n) is 3.67. The molecule has 0 radical (unpaired) electrons. The van der Waals surface area contributed by atoms with Gasteiger partial charge >= 0.3 is 0 Å². The lowest BCUT2D eigenvalue weighted by molar-refractivity contribution is 0.226. The number of benzene rings is 1. The summed E-state index contributed by atoms with van der Waals surface area (Å²) in [5.41, 5.74) is 2.70. The molecule has 1 N–H and O–H groups in total. The zero-order chi connectivity index (χ0) is 11.1. The van der Waals surface area contributed by atoms with Gasteiger partial charge in [0.05, 0.1) is 0 Å². The van der Waals surface area contributed by atoms with Crippen LogP contribution < -0.4 is 10.1 Å². The SMILES string of the molecule is Cc1ccc2c(c1)CC(CNC1CC1C)O2. The molecule has 0 saturated heterocycles. The minimum absolute atomic E-state index is 0.338. The van der Waals surface area contributed by atoms with Gasteiger partial charge in [-0.2, -0.15) is 0 Å². The maximum Gasteiger partial charge on any atom is 0.123 e. The number of ether oxygens (including phenoxy) is 1. The van der Waals surface area contributed by atoms with E-state index in [2.05, 4.69) is 37.4 Å². The van der Waals surface area contributed by atoms with E-state index in [0.717, 1.165) is 30.7 Å². The Bertz CT molecular complexity index is 402. The quantitative estimate of drug-likeness (QED) is 0.838. The maximum atomic E-state index is 5.91. The van der Waals surface area contributed by atoms with E-state index in [9.17, 15) is 0 Å². The van der Waals surface area contributed by atoms with Crippen molar-refractivity contribution in [3.05, 3.63) is 29.3 Å². The second-order valence-electron chi connectivity index (χ2n) is 5.28. The predicted octanol–water partition coefficient (Wildman–Crippen LogP) is 2.30. The van der Waals surface area contributed by atoms with E-state index in [1.54, 1.807) is 0 Å². The Labute approximate surface area is 97.0 Å². The summed E-state index contributed by atoms with van der Waals surface area (Å²) < 4.78 is 5.91. The Morgan fingerprint density at radius 2 is 2.25 bits per heavy atom. The molecule has 86 valence electrons.